The van der Waals surface area contributed by atoms with E-state index in [1.807, 2.05) is 12.1 Å². The van der Waals surface area contributed by atoms with E-state index in [4.69, 9.17) is 15.0 Å². The van der Waals surface area contributed by atoms with E-state index >= 15 is 0 Å². The molecule has 2 aliphatic heterocycles. The molecule has 2 aliphatic rings. The summed E-state index contributed by atoms with van der Waals surface area (Å²) in [6.07, 6.45) is 0. The molecule has 17 aromatic carbocycles. The summed E-state index contributed by atoms with van der Waals surface area (Å²) in [5, 5.41) is 20.0. The highest BCUT2D eigenvalue weighted by atomic mass is 15.2. The van der Waals surface area contributed by atoms with Gasteiger partial charge >= 0.3 is 0 Å². The van der Waals surface area contributed by atoms with E-state index in [0.717, 1.165) is 61.9 Å². The van der Waals surface area contributed by atoms with E-state index in [1.54, 1.807) is 0 Å². The molecule has 0 unspecified atom stereocenters. The fraction of sp³-hybridized carbons (Fsp3) is 0. The first-order chi connectivity index (χ1) is 45.1. The van der Waals surface area contributed by atoms with Crippen molar-refractivity contribution in [3.63, 3.8) is 0 Å². The summed E-state index contributed by atoms with van der Waals surface area (Å²) in [4.78, 5) is 21.5. The van der Waals surface area contributed by atoms with Crippen LogP contribution in [0.2, 0.25) is 0 Å². The zero-order chi connectivity index (χ0) is 59.4. The van der Waals surface area contributed by atoms with Crippen LogP contribution in [0, 0.1) is 0 Å². The summed E-state index contributed by atoms with van der Waals surface area (Å²) < 4.78 is 0. The first-order valence-electron chi connectivity index (χ1n) is 31.4. The number of hydrogen-bond donors (Lipinski definition) is 0. The lowest BCUT2D eigenvalue weighted by Crippen LogP contribution is -2.61. The largest absolute Gasteiger partial charge is 0.311 e. The van der Waals surface area contributed by atoms with Gasteiger partial charge in [-0.3, -0.25) is 0 Å². The van der Waals surface area contributed by atoms with Crippen molar-refractivity contribution in [1.29, 1.82) is 0 Å². The van der Waals surface area contributed by atoms with Gasteiger partial charge in [0.15, 0.2) is 17.5 Å². The average Bonchev–Trinajstić information content (AvgIpc) is 0.698. The van der Waals surface area contributed by atoms with Crippen LogP contribution in [0.25, 0.3) is 143 Å². The molecule has 1 aromatic heterocycles. The second-order valence-corrected chi connectivity index (χ2v) is 24.5. The molecule has 20 rings (SSSR count). The Bertz CT molecular complexity index is 5630. The summed E-state index contributed by atoms with van der Waals surface area (Å²) in [6.45, 7) is -0.261. The fourth-order valence-electron chi connectivity index (χ4n) is 15.9. The monoisotopic (exact) mass is 1150 g/mol. The van der Waals surface area contributed by atoms with Crippen molar-refractivity contribution in [3.8, 4) is 56.4 Å². The van der Waals surface area contributed by atoms with Gasteiger partial charge in [0, 0.05) is 61.6 Å². The molecule has 0 bridgehead atoms. The second kappa shape index (κ2) is 19.3. The molecular formula is C85H50BN5. The van der Waals surface area contributed by atoms with Crippen molar-refractivity contribution >= 4 is 143 Å². The number of nitrogens with zero attached hydrogens (tertiary/aromatic N) is 5. The molecule has 6 heteroatoms. The number of rotatable bonds is 7. The van der Waals surface area contributed by atoms with Crippen LogP contribution in [0.5, 0.6) is 0 Å². The maximum absolute atomic E-state index is 5.54. The van der Waals surface area contributed by atoms with E-state index in [0.29, 0.717) is 17.5 Å². The van der Waals surface area contributed by atoms with Crippen molar-refractivity contribution < 1.29 is 0 Å². The van der Waals surface area contributed by atoms with Gasteiger partial charge in [0.2, 0.25) is 0 Å². The van der Waals surface area contributed by atoms with Gasteiger partial charge in [-0.05, 0) is 150 Å². The maximum Gasteiger partial charge on any atom is 0.252 e. The average molecular weight is 1150 g/mol. The van der Waals surface area contributed by atoms with Crippen molar-refractivity contribution in [3.05, 3.63) is 303 Å². The Hall–Kier alpha value is -12.0. The Morgan fingerprint density at radius 2 is 0.538 bits per heavy atom. The Morgan fingerprint density at radius 3 is 0.923 bits per heavy atom. The fourth-order valence-corrected chi connectivity index (χ4v) is 15.9. The zero-order valence-electron chi connectivity index (χ0n) is 49.2. The van der Waals surface area contributed by atoms with Crippen molar-refractivity contribution in [2.24, 2.45) is 0 Å². The number of aromatic nitrogens is 3. The van der Waals surface area contributed by atoms with Gasteiger partial charge in [-0.1, -0.05) is 267 Å². The minimum absolute atomic E-state index is 0.261. The first-order valence-corrected chi connectivity index (χ1v) is 31.4. The minimum atomic E-state index is -0.261. The highest BCUT2D eigenvalue weighted by molar-refractivity contribution is 7.01. The van der Waals surface area contributed by atoms with Crippen LogP contribution in [0.15, 0.2) is 303 Å². The Balaban J connectivity index is 0.975. The molecule has 0 saturated carbocycles. The second-order valence-electron chi connectivity index (χ2n) is 24.5. The van der Waals surface area contributed by atoms with E-state index in [9.17, 15) is 0 Å². The zero-order valence-corrected chi connectivity index (χ0v) is 49.2. The molecule has 0 amide bonds. The number of benzene rings is 17. The van der Waals surface area contributed by atoms with E-state index in [-0.39, 0.29) is 6.71 Å². The summed E-state index contributed by atoms with van der Waals surface area (Å²) in [6, 6.07) is 112. The van der Waals surface area contributed by atoms with Crippen LogP contribution in [-0.2, 0) is 0 Å². The molecule has 0 N–H and O–H groups in total. The van der Waals surface area contributed by atoms with Gasteiger partial charge in [-0.15, -0.1) is 0 Å². The summed E-state index contributed by atoms with van der Waals surface area (Å²) in [7, 11) is 0. The molecule has 18 aromatic rings. The minimum Gasteiger partial charge on any atom is -0.311 e. The molecule has 0 spiro atoms. The highest BCUT2D eigenvalue weighted by Crippen LogP contribution is 2.53. The molecule has 0 fully saturated rings. The third kappa shape index (κ3) is 7.33. The normalized spacial score (nSPS) is 12.8. The molecule has 0 atom stereocenters. The summed E-state index contributed by atoms with van der Waals surface area (Å²) >= 11 is 0. The summed E-state index contributed by atoms with van der Waals surface area (Å²) in [5.41, 5.74) is 17.6. The molecule has 0 radical (unpaired) electrons. The molecule has 5 nitrogen and oxygen atoms in total. The smallest absolute Gasteiger partial charge is 0.252 e. The molecule has 3 heterocycles. The van der Waals surface area contributed by atoms with E-state index < -0.39 is 0 Å². The lowest BCUT2D eigenvalue weighted by atomic mass is 9.33. The van der Waals surface area contributed by atoms with Crippen LogP contribution in [0.1, 0.15) is 0 Å². The molecule has 0 saturated heterocycles. The molecular weight excluding hydrogens is 1100 g/mol. The molecule has 91 heavy (non-hydrogen) atoms. The summed E-state index contributed by atoms with van der Waals surface area (Å²) in [5.74, 6) is 1.80. The van der Waals surface area contributed by atoms with E-state index in [2.05, 4.69) is 301 Å². The van der Waals surface area contributed by atoms with E-state index in [1.165, 1.54) is 114 Å². The van der Waals surface area contributed by atoms with Crippen molar-refractivity contribution in [2.45, 2.75) is 0 Å². The quantitative estimate of drug-likeness (QED) is 0.0904. The van der Waals surface area contributed by atoms with Crippen LogP contribution in [-0.4, -0.2) is 21.7 Å². The number of anilines is 6. The number of hydrogen-bond acceptors (Lipinski definition) is 5. The topological polar surface area (TPSA) is 45.2 Å². The SMILES string of the molecule is c1ccc(-c2ccc(N3c4cc(-c5nc(-c6ccccc6)nc(-c6ccccc6)n5)cc5c4B(c4cc6c7cccc8cccc(c9cccc(c43)c96)c87)c3cc4c6cccc7cccc(c8cccc(c3N5c3ccc(-c5ccccc5)cc3)c84)c76)cc2)cc1. The van der Waals surface area contributed by atoms with Gasteiger partial charge in [0.25, 0.3) is 6.71 Å². The van der Waals surface area contributed by atoms with Gasteiger partial charge < -0.3 is 9.80 Å². The number of fused-ring (bicyclic) bond motifs is 10. The maximum atomic E-state index is 5.54. The van der Waals surface area contributed by atoms with Gasteiger partial charge in [0.1, 0.15) is 0 Å². The third-order valence-electron chi connectivity index (χ3n) is 19.7. The first kappa shape index (κ1) is 50.1. The predicted octanol–water partition coefficient (Wildman–Crippen LogP) is 20.4. The van der Waals surface area contributed by atoms with Crippen LogP contribution in [0.4, 0.5) is 34.1 Å². The third-order valence-corrected chi connectivity index (χ3v) is 19.7. The standard InChI is InChI=1S/C85H50BN5/c1-5-19-51(20-6-1)53-39-43-60(44-40-53)90-74-47-59(85-88-83(57-23-9-3-10-24-57)87-84(89-85)58-25-11-4-12-26-58)48-75-80(74)86(72-49-70-66-33-15-29-55-27-13-31-62(76(55)66)64-35-17-37-68(78(64)70)81(72)90)73-50-71-67-34-16-30-56-28-14-32-63(77(56)67)65-36-18-38-69(79(65)71)82(73)91(75)61-45-41-54(42-46-61)52-21-7-2-8-22-52/h1-50H. The Kier molecular flexibility index (Phi) is 10.6. The highest BCUT2D eigenvalue weighted by Gasteiger charge is 2.46. The van der Waals surface area contributed by atoms with Gasteiger partial charge in [0.05, 0.1) is 0 Å². The Morgan fingerprint density at radius 1 is 0.231 bits per heavy atom. The van der Waals surface area contributed by atoms with Crippen molar-refractivity contribution in [1.82, 2.24) is 15.0 Å². The van der Waals surface area contributed by atoms with Gasteiger partial charge in [-0.25, -0.2) is 15.0 Å². The van der Waals surface area contributed by atoms with Crippen LogP contribution < -0.4 is 26.2 Å². The van der Waals surface area contributed by atoms with Crippen molar-refractivity contribution in [2.75, 3.05) is 9.80 Å². The van der Waals surface area contributed by atoms with Gasteiger partial charge in [-0.2, -0.15) is 0 Å². The lowest BCUT2D eigenvalue weighted by Gasteiger charge is -2.45. The lowest BCUT2D eigenvalue weighted by molar-refractivity contribution is 1.07. The van der Waals surface area contributed by atoms with Crippen LogP contribution >= 0.6 is 0 Å². The molecule has 418 valence electrons. The molecule has 0 aliphatic carbocycles. The predicted molar refractivity (Wildman–Crippen MR) is 383 cm³/mol. The van der Waals surface area contributed by atoms with Crippen LogP contribution in [0.3, 0.4) is 0 Å². The Labute approximate surface area is 524 Å².